The first-order valence-corrected chi connectivity index (χ1v) is 5.48. The molecule has 0 unspecified atom stereocenters. The molecule has 0 saturated carbocycles. The van der Waals surface area contributed by atoms with Crippen molar-refractivity contribution in [3.63, 3.8) is 0 Å². The van der Waals surface area contributed by atoms with E-state index < -0.39 is 11.8 Å². The zero-order chi connectivity index (χ0) is 12.1. The number of rotatable bonds is 2. The van der Waals surface area contributed by atoms with E-state index in [1.54, 1.807) is 17.1 Å². The van der Waals surface area contributed by atoms with Gasteiger partial charge in [-0.05, 0) is 18.6 Å². The van der Waals surface area contributed by atoms with Gasteiger partial charge in [0.25, 0.3) is 0 Å². The molecule has 1 aromatic rings. The van der Waals surface area contributed by atoms with Crippen molar-refractivity contribution in [3.05, 3.63) is 42.2 Å². The van der Waals surface area contributed by atoms with E-state index in [0.717, 1.165) is 13.0 Å². The standard InChI is InChI=1S/C12H14FN3O/c13-10-6-2-3-7-11(10)14-12(17)15-16-8-4-1-5-9-16/h1-4,6-7H,5,8-9H2,(H2,14,15,17). The van der Waals surface area contributed by atoms with E-state index >= 15 is 0 Å². The van der Waals surface area contributed by atoms with Crippen LogP contribution in [0.2, 0.25) is 0 Å². The summed E-state index contributed by atoms with van der Waals surface area (Å²) in [4.78, 5) is 11.6. The van der Waals surface area contributed by atoms with Crippen molar-refractivity contribution < 1.29 is 9.18 Å². The Kier molecular flexibility index (Phi) is 3.72. The average molecular weight is 235 g/mol. The monoisotopic (exact) mass is 235 g/mol. The molecular weight excluding hydrogens is 221 g/mol. The maximum Gasteiger partial charge on any atom is 0.333 e. The fourth-order valence-corrected chi connectivity index (χ4v) is 1.60. The van der Waals surface area contributed by atoms with Gasteiger partial charge in [-0.25, -0.2) is 14.2 Å². The molecule has 0 atom stereocenters. The fourth-order valence-electron chi connectivity index (χ4n) is 1.60. The number of benzene rings is 1. The third kappa shape index (κ3) is 3.29. The second-order valence-electron chi connectivity index (χ2n) is 3.75. The highest BCUT2D eigenvalue weighted by Gasteiger charge is 2.10. The molecular formula is C12H14FN3O. The van der Waals surface area contributed by atoms with E-state index in [1.165, 1.54) is 12.1 Å². The predicted molar refractivity (Wildman–Crippen MR) is 63.9 cm³/mol. The van der Waals surface area contributed by atoms with Crippen molar-refractivity contribution >= 4 is 11.7 Å². The second-order valence-corrected chi connectivity index (χ2v) is 3.75. The smallest absolute Gasteiger partial charge is 0.304 e. The Morgan fingerprint density at radius 1 is 1.29 bits per heavy atom. The molecule has 1 aliphatic rings. The Labute approximate surface area is 99.1 Å². The van der Waals surface area contributed by atoms with E-state index in [9.17, 15) is 9.18 Å². The topological polar surface area (TPSA) is 44.4 Å². The molecule has 17 heavy (non-hydrogen) atoms. The van der Waals surface area contributed by atoms with Crippen LogP contribution >= 0.6 is 0 Å². The Bertz CT molecular complexity index is 434. The van der Waals surface area contributed by atoms with E-state index in [-0.39, 0.29) is 5.69 Å². The van der Waals surface area contributed by atoms with Gasteiger partial charge in [-0.3, -0.25) is 5.43 Å². The average Bonchev–Trinajstić information content (AvgIpc) is 2.33. The van der Waals surface area contributed by atoms with Gasteiger partial charge in [0, 0.05) is 13.1 Å². The van der Waals surface area contributed by atoms with Gasteiger partial charge in [0.05, 0.1) is 5.69 Å². The van der Waals surface area contributed by atoms with Crippen LogP contribution in [0.25, 0.3) is 0 Å². The zero-order valence-corrected chi connectivity index (χ0v) is 9.32. The normalized spacial score (nSPS) is 15.6. The molecule has 0 aliphatic carbocycles. The number of anilines is 1. The Balaban J connectivity index is 1.89. The molecule has 0 aromatic heterocycles. The Hall–Kier alpha value is -1.88. The zero-order valence-electron chi connectivity index (χ0n) is 9.32. The number of carbonyl (C=O) groups excluding carboxylic acids is 1. The molecule has 0 fully saturated rings. The van der Waals surface area contributed by atoms with Crippen LogP contribution in [-0.2, 0) is 0 Å². The molecule has 1 aromatic carbocycles. The predicted octanol–water partition coefficient (Wildman–Crippen LogP) is 2.12. The van der Waals surface area contributed by atoms with Crippen LogP contribution in [0.15, 0.2) is 36.4 Å². The Morgan fingerprint density at radius 2 is 2.12 bits per heavy atom. The molecule has 0 spiro atoms. The summed E-state index contributed by atoms with van der Waals surface area (Å²) in [6, 6.07) is 5.64. The van der Waals surface area contributed by atoms with Crippen molar-refractivity contribution in [3.8, 4) is 0 Å². The van der Waals surface area contributed by atoms with E-state index in [4.69, 9.17) is 0 Å². The molecule has 90 valence electrons. The number of amides is 2. The van der Waals surface area contributed by atoms with Crippen LogP contribution in [0, 0.1) is 5.82 Å². The van der Waals surface area contributed by atoms with Gasteiger partial charge in [0.1, 0.15) is 5.82 Å². The summed E-state index contributed by atoms with van der Waals surface area (Å²) in [6.45, 7) is 1.44. The quantitative estimate of drug-likeness (QED) is 0.771. The van der Waals surface area contributed by atoms with Crippen LogP contribution in [0.3, 0.4) is 0 Å². The minimum atomic E-state index is -0.443. The van der Waals surface area contributed by atoms with Gasteiger partial charge in [-0.1, -0.05) is 24.3 Å². The van der Waals surface area contributed by atoms with Crippen LogP contribution in [0.5, 0.6) is 0 Å². The van der Waals surface area contributed by atoms with E-state index in [2.05, 4.69) is 16.8 Å². The highest BCUT2D eigenvalue weighted by atomic mass is 19.1. The van der Waals surface area contributed by atoms with E-state index in [0.29, 0.717) is 6.54 Å². The van der Waals surface area contributed by atoms with Crippen molar-refractivity contribution in [2.75, 3.05) is 18.4 Å². The lowest BCUT2D eigenvalue weighted by Crippen LogP contribution is -2.45. The number of halogens is 1. The second kappa shape index (κ2) is 5.45. The molecule has 2 N–H and O–H groups in total. The van der Waals surface area contributed by atoms with Gasteiger partial charge in [0.15, 0.2) is 0 Å². The number of hydrogen-bond acceptors (Lipinski definition) is 2. The summed E-state index contributed by atoms with van der Waals surface area (Å²) >= 11 is 0. The third-order valence-electron chi connectivity index (χ3n) is 2.44. The van der Waals surface area contributed by atoms with Crippen LogP contribution < -0.4 is 10.7 Å². The number of urea groups is 1. The molecule has 4 nitrogen and oxygen atoms in total. The molecule has 0 saturated heterocycles. The lowest BCUT2D eigenvalue weighted by molar-refractivity contribution is 0.195. The maximum absolute atomic E-state index is 13.3. The summed E-state index contributed by atoms with van der Waals surface area (Å²) < 4.78 is 13.3. The molecule has 5 heteroatoms. The van der Waals surface area contributed by atoms with Crippen molar-refractivity contribution in [1.29, 1.82) is 0 Å². The SMILES string of the molecule is O=C(Nc1ccccc1F)NN1CC=CCC1. The van der Waals surface area contributed by atoms with Crippen LogP contribution in [-0.4, -0.2) is 24.1 Å². The lowest BCUT2D eigenvalue weighted by atomic mass is 10.3. The van der Waals surface area contributed by atoms with Crippen molar-refractivity contribution in [2.45, 2.75) is 6.42 Å². The van der Waals surface area contributed by atoms with Gasteiger partial charge in [0.2, 0.25) is 0 Å². The summed E-state index contributed by atoms with van der Waals surface area (Å²) in [5.74, 6) is -0.443. The van der Waals surface area contributed by atoms with Crippen LogP contribution in [0.4, 0.5) is 14.9 Å². The molecule has 0 radical (unpaired) electrons. The highest BCUT2D eigenvalue weighted by Crippen LogP contribution is 2.11. The lowest BCUT2D eigenvalue weighted by Gasteiger charge is -2.23. The molecule has 2 amide bonds. The minimum absolute atomic E-state index is 0.178. The van der Waals surface area contributed by atoms with Gasteiger partial charge in [-0.2, -0.15) is 0 Å². The molecule has 1 heterocycles. The van der Waals surface area contributed by atoms with E-state index in [1.807, 2.05) is 6.08 Å². The fraction of sp³-hybridized carbons (Fsp3) is 0.250. The molecule has 0 bridgehead atoms. The summed E-state index contributed by atoms with van der Waals surface area (Å²) in [6.07, 6.45) is 4.94. The minimum Gasteiger partial charge on any atom is -0.304 e. The first kappa shape index (κ1) is 11.6. The number of nitrogens with one attached hydrogen (secondary N) is 2. The number of hydrogen-bond donors (Lipinski definition) is 2. The maximum atomic E-state index is 13.3. The third-order valence-corrected chi connectivity index (χ3v) is 2.44. The highest BCUT2D eigenvalue weighted by molar-refractivity contribution is 5.88. The van der Waals surface area contributed by atoms with Crippen molar-refractivity contribution in [1.82, 2.24) is 10.4 Å². The summed E-state index contributed by atoms with van der Waals surface area (Å²) in [5.41, 5.74) is 2.84. The number of para-hydroxylation sites is 1. The Morgan fingerprint density at radius 3 is 2.82 bits per heavy atom. The van der Waals surface area contributed by atoms with Gasteiger partial charge >= 0.3 is 6.03 Å². The number of hydrazine groups is 1. The summed E-state index contributed by atoms with van der Waals surface area (Å²) in [5, 5.41) is 4.24. The largest absolute Gasteiger partial charge is 0.333 e. The molecule has 1 aliphatic heterocycles. The van der Waals surface area contributed by atoms with Gasteiger partial charge < -0.3 is 5.32 Å². The first-order chi connectivity index (χ1) is 8.25. The van der Waals surface area contributed by atoms with Crippen molar-refractivity contribution in [2.24, 2.45) is 0 Å². The number of carbonyl (C=O) groups is 1. The number of nitrogens with zero attached hydrogens (tertiary/aromatic N) is 1. The first-order valence-electron chi connectivity index (χ1n) is 5.48. The summed E-state index contributed by atoms with van der Waals surface area (Å²) in [7, 11) is 0. The van der Waals surface area contributed by atoms with Crippen LogP contribution in [0.1, 0.15) is 6.42 Å². The van der Waals surface area contributed by atoms with Gasteiger partial charge in [-0.15, -0.1) is 0 Å². The molecule has 2 rings (SSSR count).